The zero-order chi connectivity index (χ0) is 13.8. The van der Waals surface area contributed by atoms with Crippen LogP contribution in [0.3, 0.4) is 0 Å². The van der Waals surface area contributed by atoms with Crippen molar-refractivity contribution in [3.05, 3.63) is 47.8 Å². The van der Waals surface area contributed by atoms with Gasteiger partial charge in [0.05, 0.1) is 12.6 Å². The molecule has 0 fully saturated rings. The summed E-state index contributed by atoms with van der Waals surface area (Å²) >= 11 is 0. The van der Waals surface area contributed by atoms with Gasteiger partial charge in [0, 0.05) is 13.6 Å². The number of likely N-dealkylation sites (N-methyl/N-ethyl adjacent to an activating group) is 1. The van der Waals surface area contributed by atoms with Crippen LogP contribution >= 0.6 is 0 Å². The normalized spacial score (nSPS) is 12.9. The van der Waals surface area contributed by atoms with Gasteiger partial charge in [-0.2, -0.15) is 5.10 Å². The van der Waals surface area contributed by atoms with Crippen LogP contribution < -0.4 is 0 Å². The predicted molar refractivity (Wildman–Crippen MR) is 68.7 cm³/mol. The molecule has 1 N–H and O–H groups in total. The van der Waals surface area contributed by atoms with Crippen LogP contribution in [0, 0.1) is 5.82 Å². The van der Waals surface area contributed by atoms with Crippen molar-refractivity contribution >= 4 is 0 Å². The van der Waals surface area contributed by atoms with E-state index in [-0.39, 0.29) is 5.82 Å². The van der Waals surface area contributed by atoms with Crippen LogP contribution in [0.5, 0.6) is 0 Å². The Balaban J connectivity index is 1.93. The number of aliphatic hydroxyl groups excluding tert-OH is 1. The number of aryl methyl sites for hydroxylation is 1. The number of aromatic nitrogens is 3. The van der Waals surface area contributed by atoms with E-state index in [9.17, 15) is 9.50 Å². The summed E-state index contributed by atoms with van der Waals surface area (Å²) in [6, 6.07) is 5.88. The van der Waals surface area contributed by atoms with Gasteiger partial charge >= 0.3 is 0 Å². The van der Waals surface area contributed by atoms with Gasteiger partial charge < -0.3 is 5.11 Å². The Bertz CT molecular complexity index is 526. The zero-order valence-electron chi connectivity index (χ0n) is 11.0. The van der Waals surface area contributed by atoms with Gasteiger partial charge in [0.1, 0.15) is 18.0 Å². The van der Waals surface area contributed by atoms with Crippen LogP contribution in [0.4, 0.5) is 4.39 Å². The molecule has 0 aliphatic rings. The summed E-state index contributed by atoms with van der Waals surface area (Å²) in [5.41, 5.74) is 0.700. The van der Waals surface area contributed by atoms with Crippen molar-refractivity contribution in [2.75, 3.05) is 13.6 Å². The molecule has 1 atom stereocenters. The molecule has 0 bridgehead atoms. The van der Waals surface area contributed by atoms with E-state index in [1.807, 2.05) is 19.0 Å². The molecule has 0 saturated carbocycles. The van der Waals surface area contributed by atoms with E-state index < -0.39 is 6.10 Å². The molecule has 19 heavy (non-hydrogen) atoms. The second kappa shape index (κ2) is 5.90. The van der Waals surface area contributed by atoms with Crippen molar-refractivity contribution in [2.45, 2.75) is 12.6 Å². The first-order valence-electron chi connectivity index (χ1n) is 6.01. The molecule has 1 aromatic heterocycles. The Morgan fingerprint density at radius 3 is 2.63 bits per heavy atom. The molecule has 5 nitrogen and oxygen atoms in total. The van der Waals surface area contributed by atoms with Crippen molar-refractivity contribution in [3.8, 4) is 0 Å². The molecule has 0 radical (unpaired) electrons. The number of rotatable bonds is 5. The van der Waals surface area contributed by atoms with Gasteiger partial charge in [-0.25, -0.2) is 9.37 Å². The van der Waals surface area contributed by atoms with Gasteiger partial charge in [0.2, 0.25) is 0 Å². The first-order valence-corrected chi connectivity index (χ1v) is 6.01. The third-order valence-corrected chi connectivity index (χ3v) is 2.96. The average Bonchev–Trinajstić information content (AvgIpc) is 2.75. The van der Waals surface area contributed by atoms with Crippen LogP contribution in [0.25, 0.3) is 0 Å². The summed E-state index contributed by atoms with van der Waals surface area (Å²) < 4.78 is 14.5. The summed E-state index contributed by atoms with van der Waals surface area (Å²) in [4.78, 5) is 6.07. The number of halogens is 1. The smallest absolute Gasteiger partial charge is 0.140 e. The highest BCUT2D eigenvalue weighted by Crippen LogP contribution is 2.15. The topological polar surface area (TPSA) is 54.2 Å². The van der Waals surface area contributed by atoms with Gasteiger partial charge in [-0.1, -0.05) is 12.1 Å². The van der Waals surface area contributed by atoms with Crippen LogP contribution in [-0.2, 0) is 13.6 Å². The van der Waals surface area contributed by atoms with Crippen molar-refractivity contribution in [1.82, 2.24) is 19.7 Å². The van der Waals surface area contributed by atoms with E-state index in [1.165, 1.54) is 18.5 Å². The fraction of sp³-hybridized carbons (Fsp3) is 0.385. The maximum atomic E-state index is 12.8. The van der Waals surface area contributed by atoms with Crippen molar-refractivity contribution < 1.29 is 9.50 Å². The molecule has 1 unspecified atom stereocenters. The van der Waals surface area contributed by atoms with E-state index in [4.69, 9.17) is 0 Å². The van der Waals surface area contributed by atoms with E-state index >= 15 is 0 Å². The summed E-state index contributed by atoms with van der Waals surface area (Å²) in [7, 11) is 3.72. The summed E-state index contributed by atoms with van der Waals surface area (Å²) in [6.07, 6.45) is 0.846. The fourth-order valence-electron chi connectivity index (χ4n) is 1.85. The minimum Gasteiger partial charge on any atom is -0.387 e. The van der Waals surface area contributed by atoms with Gasteiger partial charge in [0.15, 0.2) is 0 Å². The third-order valence-electron chi connectivity index (χ3n) is 2.96. The maximum absolute atomic E-state index is 12.8. The highest BCUT2D eigenvalue weighted by molar-refractivity contribution is 5.18. The number of benzene rings is 1. The molecule has 2 aromatic rings. The van der Waals surface area contributed by atoms with Crippen LogP contribution in [0.1, 0.15) is 17.5 Å². The van der Waals surface area contributed by atoms with Gasteiger partial charge in [-0.05, 0) is 24.7 Å². The Morgan fingerprint density at radius 1 is 1.37 bits per heavy atom. The molecular formula is C13H17FN4O. The minimum absolute atomic E-state index is 0.302. The third kappa shape index (κ3) is 3.59. The number of hydrogen-bond acceptors (Lipinski definition) is 4. The summed E-state index contributed by atoms with van der Waals surface area (Å²) in [5, 5.41) is 14.1. The molecule has 0 saturated heterocycles. The monoisotopic (exact) mass is 264 g/mol. The standard InChI is InChI=1S/C13H17FN4O/c1-17(8-13-15-9-16-18(13)2)7-12(19)10-3-5-11(14)6-4-10/h3-6,9,12,19H,7-8H2,1-2H3. The van der Waals surface area contributed by atoms with Gasteiger partial charge in [0.25, 0.3) is 0 Å². The van der Waals surface area contributed by atoms with Crippen molar-refractivity contribution in [3.63, 3.8) is 0 Å². The Morgan fingerprint density at radius 2 is 2.05 bits per heavy atom. The number of hydrogen-bond donors (Lipinski definition) is 1. The van der Waals surface area contributed by atoms with Crippen LogP contribution in [-0.4, -0.2) is 38.4 Å². The highest BCUT2D eigenvalue weighted by Gasteiger charge is 2.12. The molecule has 0 amide bonds. The Labute approximate surface area is 111 Å². The lowest BCUT2D eigenvalue weighted by molar-refractivity contribution is 0.122. The molecule has 102 valence electrons. The Kier molecular flexibility index (Phi) is 4.24. The lowest BCUT2D eigenvalue weighted by Gasteiger charge is -2.20. The first kappa shape index (κ1) is 13.6. The summed E-state index contributed by atoms with van der Waals surface area (Å²) in [5.74, 6) is 0.525. The second-order valence-corrected chi connectivity index (χ2v) is 4.56. The molecule has 1 heterocycles. The predicted octanol–water partition coefficient (Wildman–Crippen LogP) is 1.12. The molecule has 2 rings (SSSR count). The molecule has 6 heteroatoms. The number of aliphatic hydroxyl groups is 1. The largest absolute Gasteiger partial charge is 0.387 e. The molecule has 0 spiro atoms. The molecule has 0 aliphatic heterocycles. The lowest BCUT2D eigenvalue weighted by atomic mass is 10.1. The van der Waals surface area contributed by atoms with E-state index in [2.05, 4.69) is 10.1 Å². The first-order chi connectivity index (χ1) is 9.06. The van der Waals surface area contributed by atoms with Crippen LogP contribution in [0.15, 0.2) is 30.6 Å². The Hall–Kier alpha value is -1.79. The van der Waals surface area contributed by atoms with Crippen molar-refractivity contribution in [1.29, 1.82) is 0 Å². The van der Waals surface area contributed by atoms with E-state index in [0.29, 0.717) is 18.7 Å². The maximum Gasteiger partial charge on any atom is 0.140 e. The SMILES string of the molecule is CN(Cc1ncnn1C)CC(O)c1ccc(F)cc1. The molecule has 1 aromatic carbocycles. The molecule has 0 aliphatic carbocycles. The highest BCUT2D eigenvalue weighted by atomic mass is 19.1. The van der Waals surface area contributed by atoms with E-state index in [0.717, 1.165) is 5.82 Å². The fourth-order valence-corrected chi connectivity index (χ4v) is 1.85. The lowest BCUT2D eigenvalue weighted by Crippen LogP contribution is -2.25. The second-order valence-electron chi connectivity index (χ2n) is 4.56. The van der Waals surface area contributed by atoms with Crippen molar-refractivity contribution in [2.24, 2.45) is 7.05 Å². The van der Waals surface area contributed by atoms with Crippen LogP contribution in [0.2, 0.25) is 0 Å². The average molecular weight is 264 g/mol. The minimum atomic E-state index is -0.654. The number of nitrogens with zero attached hydrogens (tertiary/aromatic N) is 4. The zero-order valence-corrected chi connectivity index (χ0v) is 11.0. The van der Waals surface area contributed by atoms with Gasteiger partial charge in [-0.15, -0.1) is 0 Å². The summed E-state index contributed by atoms with van der Waals surface area (Å²) in [6.45, 7) is 1.03. The quantitative estimate of drug-likeness (QED) is 0.879. The molecular weight excluding hydrogens is 247 g/mol. The van der Waals surface area contributed by atoms with Gasteiger partial charge in [-0.3, -0.25) is 9.58 Å². The van der Waals surface area contributed by atoms with E-state index in [1.54, 1.807) is 16.8 Å².